The molecule has 0 saturated heterocycles. The SMILES string of the molecule is O=C(O)CCC/C=C\CC1C(O)CC(O)[C@@H]1/C=C/[C@@H](O)C1Oc2ccccc2O1. The van der Waals surface area contributed by atoms with Gasteiger partial charge in [-0.2, -0.15) is 0 Å². The van der Waals surface area contributed by atoms with Crippen molar-refractivity contribution in [2.45, 2.75) is 56.7 Å². The van der Waals surface area contributed by atoms with E-state index in [1.807, 2.05) is 24.3 Å². The van der Waals surface area contributed by atoms with Gasteiger partial charge in [-0.05, 0) is 37.3 Å². The van der Waals surface area contributed by atoms with Crippen LogP contribution in [0, 0.1) is 11.8 Å². The zero-order valence-electron chi connectivity index (χ0n) is 16.1. The summed E-state index contributed by atoms with van der Waals surface area (Å²) < 4.78 is 11.2. The number of para-hydroxylation sites is 2. The minimum atomic E-state index is -1.01. The number of aliphatic carboxylic acids is 1. The molecule has 0 radical (unpaired) electrons. The van der Waals surface area contributed by atoms with Crippen LogP contribution in [-0.4, -0.2) is 51.0 Å². The molecule has 158 valence electrons. The second kappa shape index (κ2) is 9.91. The Morgan fingerprint density at radius 3 is 2.48 bits per heavy atom. The Balaban J connectivity index is 1.53. The van der Waals surface area contributed by atoms with Crippen molar-refractivity contribution >= 4 is 5.97 Å². The second-order valence-corrected chi connectivity index (χ2v) is 7.53. The van der Waals surface area contributed by atoms with Crippen LogP contribution in [0.2, 0.25) is 0 Å². The molecule has 3 rings (SSSR count). The number of hydrogen-bond donors (Lipinski definition) is 4. The Labute approximate surface area is 169 Å². The lowest BCUT2D eigenvalue weighted by Crippen LogP contribution is -2.32. The van der Waals surface area contributed by atoms with Crippen LogP contribution in [0.3, 0.4) is 0 Å². The summed E-state index contributed by atoms with van der Waals surface area (Å²) in [4.78, 5) is 10.5. The van der Waals surface area contributed by atoms with E-state index in [9.17, 15) is 20.1 Å². The molecule has 2 aliphatic rings. The van der Waals surface area contributed by atoms with Gasteiger partial charge in [0.25, 0.3) is 6.29 Å². The van der Waals surface area contributed by atoms with Crippen LogP contribution in [0.5, 0.6) is 11.5 Å². The number of aliphatic hydroxyl groups excluding tert-OH is 3. The third-order valence-corrected chi connectivity index (χ3v) is 5.40. The maximum absolute atomic E-state index is 10.5. The van der Waals surface area contributed by atoms with E-state index in [0.717, 1.165) is 0 Å². The van der Waals surface area contributed by atoms with Crippen LogP contribution in [0.4, 0.5) is 0 Å². The third kappa shape index (κ3) is 5.59. The van der Waals surface area contributed by atoms with E-state index in [4.69, 9.17) is 14.6 Å². The van der Waals surface area contributed by atoms with E-state index in [0.29, 0.717) is 30.8 Å². The molecule has 0 aromatic heterocycles. The molecule has 1 aromatic carbocycles. The largest absolute Gasteiger partial charge is 0.481 e. The molecular weight excluding hydrogens is 376 g/mol. The van der Waals surface area contributed by atoms with Crippen LogP contribution >= 0.6 is 0 Å². The predicted molar refractivity (Wildman–Crippen MR) is 105 cm³/mol. The number of hydrogen-bond acceptors (Lipinski definition) is 6. The summed E-state index contributed by atoms with van der Waals surface area (Å²) in [7, 11) is 0. The Morgan fingerprint density at radius 1 is 1.14 bits per heavy atom. The van der Waals surface area contributed by atoms with Crippen LogP contribution in [0.25, 0.3) is 0 Å². The van der Waals surface area contributed by atoms with E-state index >= 15 is 0 Å². The average molecular weight is 404 g/mol. The van der Waals surface area contributed by atoms with Gasteiger partial charge in [-0.25, -0.2) is 0 Å². The summed E-state index contributed by atoms with van der Waals surface area (Å²) in [6.07, 6.45) is 6.13. The van der Waals surface area contributed by atoms with Gasteiger partial charge in [0.1, 0.15) is 6.10 Å². The molecule has 1 heterocycles. The summed E-state index contributed by atoms with van der Waals surface area (Å²) in [6, 6.07) is 7.18. The van der Waals surface area contributed by atoms with Crippen molar-refractivity contribution in [3.05, 3.63) is 48.6 Å². The average Bonchev–Trinajstić information content (AvgIpc) is 3.23. The minimum absolute atomic E-state index is 0.132. The first-order chi connectivity index (χ1) is 14.0. The van der Waals surface area contributed by atoms with Gasteiger partial charge < -0.3 is 29.9 Å². The molecule has 7 nitrogen and oxygen atoms in total. The molecule has 1 fully saturated rings. The highest BCUT2D eigenvalue weighted by Gasteiger charge is 2.39. The molecule has 5 atom stereocenters. The fraction of sp³-hybridized carbons (Fsp3) is 0.500. The topological polar surface area (TPSA) is 116 Å². The van der Waals surface area contributed by atoms with Gasteiger partial charge in [0.2, 0.25) is 0 Å². The van der Waals surface area contributed by atoms with Crippen molar-refractivity contribution in [2.75, 3.05) is 0 Å². The summed E-state index contributed by atoms with van der Waals surface area (Å²) in [5.41, 5.74) is 0. The number of fused-ring (bicyclic) bond motifs is 1. The number of carboxylic acid groups (broad SMARTS) is 1. The summed E-state index contributed by atoms with van der Waals surface area (Å²) in [5, 5.41) is 39.6. The first kappa shape index (κ1) is 21.4. The summed E-state index contributed by atoms with van der Waals surface area (Å²) in [6.45, 7) is 0. The molecule has 0 spiro atoms. The van der Waals surface area contributed by atoms with Crippen molar-refractivity contribution in [3.63, 3.8) is 0 Å². The molecule has 3 unspecified atom stereocenters. The third-order valence-electron chi connectivity index (χ3n) is 5.40. The summed E-state index contributed by atoms with van der Waals surface area (Å²) in [5.74, 6) is -0.131. The minimum Gasteiger partial charge on any atom is -0.481 e. The normalized spacial score (nSPS) is 27.8. The monoisotopic (exact) mass is 404 g/mol. The van der Waals surface area contributed by atoms with Crippen LogP contribution in [0.1, 0.15) is 32.1 Å². The van der Waals surface area contributed by atoms with Crippen molar-refractivity contribution in [1.82, 2.24) is 0 Å². The van der Waals surface area contributed by atoms with Gasteiger partial charge in [-0.15, -0.1) is 0 Å². The lowest BCUT2D eigenvalue weighted by molar-refractivity contribution is -0.137. The van der Waals surface area contributed by atoms with Crippen LogP contribution in [0.15, 0.2) is 48.6 Å². The van der Waals surface area contributed by atoms with E-state index in [1.165, 1.54) is 0 Å². The van der Waals surface area contributed by atoms with E-state index in [1.54, 1.807) is 24.3 Å². The first-order valence-corrected chi connectivity index (χ1v) is 9.97. The molecule has 1 saturated carbocycles. The van der Waals surface area contributed by atoms with Crippen molar-refractivity contribution in [2.24, 2.45) is 11.8 Å². The van der Waals surface area contributed by atoms with Crippen molar-refractivity contribution in [1.29, 1.82) is 0 Å². The zero-order chi connectivity index (χ0) is 20.8. The number of rotatable bonds is 9. The van der Waals surface area contributed by atoms with Gasteiger partial charge >= 0.3 is 5.97 Å². The second-order valence-electron chi connectivity index (χ2n) is 7.53. The summed E-state index contributed by atoms with van der Waals surface area (Å²) >= 11 is 0. The number of carbonyl (C=O) groups is 1. The van der Waals surface area contributed by atoms with Crippen molar-refractivity contribution < 1.29 is 34.7 Å². The number of unbranched alkanes of at least 4 members (excludes halogenated alkanes) is 1. The lowest BCUT2D eigenvalue weighted by Gasteiger charge is -2.20. The Kier molecular flexibility index (Phi) is 7.30. The molecule has 4 N–H and O–H groups in total. The van der Waals surface area contributed by atoms with Gasteiger partial charge in [-0.1, -0.05) is 36.4 Å². The molecule has 7 heteroatoms. The number of allylic oxidation sites excluding steroid dienone is 2. The predicted octanol–water partition coefficient (Wildman–Crippen LogP) is 2.26. The quantitative estimate of drug-likeness (QED) is 0.368. The number of ether oxygens (including phenoxy) is 2. The highest BCUT2D eigenvalue weighted by atomic mass is 16.7. The molecule has 0 bridgehead atoms. The van der Waals surface area contributed by atoms with E-state index in [2.05, 4.69) is 0 Å². The molecule has 1 aliphatic carbocycles. The molecular formula is C22H28O7. The highest BCUT2D eigenvalue weighted by molar-refractivity contribution is 5.66. The van der Waals surface area contributed by atoms with Gasteiger partial charge in [0.15, 0.2) is 11.5 Å². The smallest absolute Gasteiger partial charge is 0.303 e. The van der Waals surface area contributed by atoms with Gasteiger partial charge in [0, 0.05) is 18.8 Å². The fourth-order valence-corrected chi connectivity index (χ4v) is 3.84. The number of aliphatic hydroxyl groups is 3. The van der Waals surface area contributed by atoms with Crippen molar-refractivity contribution in [3.8, 4) is 11.5 Å². The molecule has 29 heavy (non-hydrogen) atoms. The Bertz CT molecular complexity index is 719. The first-order valence-electron chi connectivity index (χ1n) is 9.97. The lowest BCUT2D eigenvalue weighted by atomic mass is 9.89. The highest BCUT2D eigenvalue weighted by Crippen LogP contribution is 2.37. The van der Waals surface area contributed by atoms with Gasteiger partial charge in [0.05, 0.1) is 12.2 Å². The van der Waals surface area contributed by atoms with Crippen LogP contribution < -0.4 is 9.47 Å². The standard InChI is InChI=1S/C22H28O7/c23-16(22-28-19-8-5-6-9-20(19)29-22)12-11-15-14(17(24)13-18(15)25)7-3-1-2-4-10-21(26)27/h1,3,5-6,8-9,11-12,14-18,22-25H,2,4,7,10,13H2,(H,26,27)/b3-1-,12-11+/t14?,15-,16-,17?,18?/m1/s1. The van der Waals surface area contributed by atoms with Gasteiger partial charge in [-0.3, -0.25) is 4.79 Å². The fourth-order valence-electron chi connectivity index (χ4n) is 3.84. The maximum atomic E-state index is 10.5. The number of carboxylic acids is 1. The maximum Gasteiger partial charge on any atom is 0.303 e. The molecule has 1 aromatic rings. The Hall–Kier alpha value is -2.35. The van der Waals surface area contributed by atoms with Crippen LogP contribution in [-0.2, 0) is 4.79 Å². The molecule has 1 aliphatic heterocycles. The number of benzene rings is 1. The van der Waals surface area contributed by atoms with E-state index < -0.39 is 30.6 Å². The Morgan fingerprint density at radius 2 is 1.83 bits per heavy atom. The van der Waals surface area contributed by atoms with E-state index in [-0.39, 0.29) is 24.7 Å². The zero-order valence-corrected chi connectivity index (χ0v) is 16.1. The molecule has 0 amide bonds.